The third-order valence-electron chi connectivity index (χ3n) is 3.85. The lowest BCUT2D eigenvalue weighted by molar-refractivity contribution is -0.140. The molecule has 0 aromatic rings. The fourth-order valence-electron chi connectivity index (χ4n) is 2.57. The van der Waals surface area contributed by atoms with Crippen molar-refractivity contribution in [2.75, 3.05) is 26.3 Å². The van der Waals surface area contributed by atoms with E-state index in [4.69, 9.17) is 10.5 Å². The number of nitrogens with two attached hydrogens (primary N) is 1. The maximum absolute atomic E-state index is 12.2. The summed E-state index contributed by atoms with van der Waals surface area (Å²) in [6, 6.07) is 0.263. The molecule has 2 aliphatic heterocycles. The van der Waals surface area contributed by atoms with E-state index in [2.05, 4.69) is 6.92 Å². The summed E-state index contributed by atoms with van der Waals surface area (Å²) < 4.78 is 5.28. The number of piperidine rings is 1. The average Bonchev–Trinajstić information content (AvgIpc) is 2.33. The largest absolute Gasteiger partial charge is 0.381 e. The molecule has 2 unspecified atom stereocenters. The molecule has 2 fully saturated rings. The Bertz CT molecular complexity index is 251. The first-order valence-electron chi connectivity index (χ1n) is 6.30. The van der Waals surface area contributed by atoms with E-state index < -0.39 is 0 Å². The van der Waals surface area contributed by atoms with E-state index >= 15 is 0 Å². The highest BCUT2D eigenvalue weighted by atomic mass is 16.5. The second-order valence-corrected chi connectivity index (χ2v) is 5.10. The van der Waals surface area contributed by atoms with Gasteiger partial charge in [-0.15, -0.1) is 0 Å². The van der Waals surface area contributed by atoms with Crippen LogP contribution in [0.2, 0.25) is 0 Å². The van der Waals surface area contributed by atoms with Crippen LogP contribution in [0.4, 0.5) is 0 Å². The number of hydrogen-bond acceptors (Lipinski definition) is 3. The van der Waals surface area contributed by atoms with Gasteiger partial charge in [0.1, 0.15) is 0 Å². The van der Waals surface area contributed by atoms with E-state index in [1.165, 1.54) is 0 Å². The normalized spacial score (nSPS) is 32.8. The highest BCUT2D eigenvalue weighted by molar-refractivity contribution is 5.79. The van der Waals surface area contributed by atoms with Crippen molar-refractivity contribution < 1.29 is 9.53 Å². The zero-order valence-electron chi connectivity index (χ0n) is 10.0. The molecular formula is C12H22N2O2. The monoisotopic (exact) mass is 226 g/mol. The minimum atomic E-state index is 0.190. The maximum atomic E-state index is 12.2. The molecular weight excluding hydrogens is 204 g/mol. The van der Waals surface area contributed by atoms with Crippen molar-refractivity contribution in [3.05, 3.63) is 0 Å². The molecule has 0 spiro atoms. The highest BCUT2D eigenvalue weighted by Crippen LogP contribution is 2.22. The Labute approximate surface area is 97.1 Å². The quantitative estimate of drug-likeness (QED) is 0.712. The Hall–Kier alpha value is -0.610. The van der Waals surface area contributed by atoms with Crippen molar-refractivity contribution in [1.29, 1.82) is 0 Å². The predicted molar refractivity (Wildman–Crippen MR) is 61.9 cm³/mol. The highest BCUT2D eigenvalue weighted by Gasteiger charge is 2.31. The van der Waals surface area contributed by atoms with E-state index in [1.54, 1.807) is 0 Å². The standard InChI is InChI=1S/C12H22N2O2/c1-9-8-14(5-2-11(9)13)12(15)10-3-6-16-7-4-10/h9-11H,2-8,13H2,1H3. The molecule has 2 aliphatic rings. The minimum Gasteiger partial charge on any atom is -0.381 e. The SMILES string of the molecule is CC1CN(C(=O)C2CCOCC2)CCC1N. The number of nitrogens with zero attached hydrogens (tertiary/aromatic N) is 1. The van der Waals surface area contributed by atoms with Crippen LogP contribution in [0, 0.1) is 11.8 Å². The van der Waals surface area contributed by atoms with Gasteiger partial charge in [0.15, 0.2) is 0 Å². The lowest BCUT2D eigenvalue weighted by Gasteiger charge is -2.37. The van der Waals surface area contributed by atoms with Gasteiger partial charge in [0.25, 0.3) is 0 Å². The molecule has 92 valence electrons. The Balaban J connectivity index is 1.89. The molecule has 4 nitrogen and oxygen atoms in total. The van der Waals surface area contributed by atoms with Crippen molar-refractivity contribution in [1.82, 2.24) is 4.90 Å². The van der Waals surface area contributed by atoms with Crippen molar-refractivity contribution in [2.45, 2.75) is 32.2 Å². The zero-order valence-corrected chi connectivity index (χ0v) is 10.0. The van der Waals surface area contributed by atoms with Crippen LogP contribution in [-0.2, 0) is 9.53 Å². The van der Waals surface area contributed by atoms with Crippen LogP contribution in [0.15, 0.2) is 0 Å². The topological polar surface area (TPSA) is 55.6 Å². The molecule has 2 atom stereocenters. The fraction of sp³-hybridized carbons (Fsp3) is 0.917. The van der Waals surface area contributed by atoms with Gasteiger partial charge in [-0.3, -0.25) is 4.79 Å². The molecule has 2 rings (SSSR count). The van der Waals surface area contributed by atoms with Gasteiger partial charge >= 0.3 is 0 Å². The van der Waals surface area contributed by atoms with E-state index in [0.717, 1.165) is 45.6 Å². The third kappa shape index (κ3) is 2.55. The molecule has 2 saturated heterocycles. The van der Waals surface area contributed by atoms with Gasteiger partial charge in [0.2, 0.25) is 5.91 Å². The lowest BCUT2D eigenvalue weighted by Crippen LogP contribution is -2.50. The lowest BCUT2D eigenvalue weighted by atomic mass is 9.92. The first-order valence-corrected chi connectivity index (χ1v) is 6.30. The van der Waals surface area contributed by atoms with Crippen molar-refractivity contribution in [3.8, 4) is 0 Å². The second kappa shape index (κ2) is 5.15. The predicted octanol–water partition coefficient (Wildman–Crippen LogP) is 0.609. The van der Waals surface area contributed by atoms with Gasteiger partial charge in [-0.1, -0.05) is 6.92 Å². The molecule has 0 aromatic heterocycles. The van der Waals surface area contributed by atoms with E-state index in [9.17, 15) is 4.79 Å². The fourth-order valence-corrected chi connectivity index (χ4v) is 2.57. The van der Waals surface area contributed by atoms with Gasteiger partial charge in [0, 0.05) is 38.3 Å². The molecule has 1 amide bonds. The van der Waals surface area contributed by atoms with Gasteiger partial charge in [-0.05, 0) is 25.2 Å². The number of ether oxygens (including phenoxy) is 1. The van der Waals surface area contributed by atoms with E-state index in [1.807, 2.05) is 4.90 Å². The number of amides is 1. The summed E-state index contributed by atoms with van der Waals surface area (Å²) in [5, 5.41) is 0. The van der Waals surface area contributed by atoms with Crippen molar-refractivity contribution in [3.63, 3.8) is 0 Å². The van der Waals surface area contributed by atoms with E-state index in [-0.39, 0.29) is 12.0 Å². The number of likely N-dealkylation sites (tertiary alicyclic amines) is 1. The molecule has 0 bridgehead atoms. The summed E-state index contributed by atoms with van der Waals surface area (Å²) in [7, 11) is 0. The summed E-state index contributed by atoms with van der Waals surface area (Å²) in [6.45, 7) is 5.27. The van der Waals surface area contributed by atoms with Crippen LogP contribution >= 0.6 is 0 Å². The van der Waals surface area contributed by atoms with Crippen LogP contribution in [-0.4, -0.2) is 43.2 Å². The molecule has 16 heavy (non-hydrogen) atoms. The van der Waals surface area contributed by atoms with Crippen molar-refractivity contribution >= 4 is 5.91 Å². The Morgan fingerprint density at radius 3 is 2.62 bits per heavy atom. The number of carbonyl (C=O) groups excluding carboxylic acids is 1. The first-order chi connectivity index (χ1) is 7.68. The third-order valence-corrected chi connectivity index (χ3v) is 3.85. The van der Waals surface area contributed by atoms with Gasteiger partial charge in [-0.25, -0.2) is 0 Å². The maximum Gasteiger partial charge on any atom is 0.225 e. The van der Waals surface area contributed by atoms with Crippen LogP contribution in [0.5, 0.6) is 0 Å². The minimum absolute atomic E-state index is 0.190. The van der Waals surface area contributed by atoms with Crippen LogP contribution < -0.4 is 5.73 Å². The summed E-state index contributed by atoms with van der Waals surface area (Å²) in [5.41, 5.74) is 5.96. The number of carbonyl (C=O) groups is 1. The van der Waals surface area contributed by atoms with Crippen LogP contribution in [0.3, 0.4) is 0 Å². The molecule has 0 aliphatic carbocycles. The molecule has 0 radical (unpaired) electrons. The molecule has 0 aromatic carbocycles. The Kier molecular flexibility index (Phi) is 3.82. The summed E-state index contributed by atoms with van der Waals surface area (Å²) in [6.07, 6.45) is 2.71. The zero-order chi connectivity index (χ0) is 11.5. The molecule has 2 N–H and O–H groups in total. The average molecular weight is 226 g/mol. The van der Waals surface area contributed by atoms with Crippen molar-refractivity contribution in [2.24, 2.45) is 17.6 Å². The smallest absolute Gasteiger partial charge is 0.225 e. The van der Waals surface area contributed by atoms with Gasteiger partial charge in [-0.2, -0.15) is 0 Å². The summed E-state index contributed by atoms with van der Waals surface area (Å²) >= 11 is 0. The van der Waals surface area contributed by atoms with Gasteiger partial charge in [0.05, 0.1) is 0 Å². The van der Waals surface area contributed by atoms with Crippen LogP contribution in [0.1, 0.15) is 26.2 Å². The second-order valence-electron chi connectivity index (χ2n) is 5.10. The number of rotatable bonds is 1. The Morgan fingerprint density at radius 2 is 2.00 bits per heavy atom. The molecule has 2 heterocycles. The van der Waals surface area contributed by atoms with E-state index in [0.29, 0.717) is 11.8 Å². The summed E-state index contributed by atoms with van der Waals surface area (Å²) in [4.78, 5) is 14.2. The number of hydrogen-bond donors (Lipinski definition) is 1. The first kappa shape index (κ1) is 11.9. The van der Waals surface area contributed by atoms with Crippen LogP contribution in [0.25, 0.3) is 0 Å². The summed E-state index contributed by atoms with van der Waals surface area (Å²) in [5.74, 6) is 0.940. The molecule has 0 saturated carbocycles. The molecule has 4 heteroatoms. The van der Waals surface area contributed by atoms with Gasteiger partial charge < -0.3 is 15.4 Å². The Morgan fingerprint density at radius 1 is 1.31 bits per heavy atom.